The number of nitrogens with one attached hydrogen (secondary N) is 3. The summed E-state index contributed by atoms with van der Waals surface area (Å²) >= 11 is 0. The van der Waals surface area contributed by atoms with E-state index in [0.29, 0.717) is 23.7 Å². The van der Waals surface area contributed by atoms with Gasteiger partial charge in [-0.05, 0) is 29.3 Å². The van der Waals surface area contributed by atoms with Gasteiger partial charge in [0.2, 0.25) is 0 Å². The predicted octanol–water partition coefficient (Wildman–Crippen LogP) is 5.14. The second-order valence-corrected chi connectivity index (χ2v) is 7.15. The van der Waals surface area contributed by atoms with Crippen LogP contribution in [0.2, 0.25) is 0 Å². The number of hydrogen-bond acceptors (Lipinski definition) is 3. The molecule has 0 saturated carbocycles. The molecule has 0 fully saturated rings. The van der Waals surface area contributed by atoms with Gasteiger partial charge >= 0.3 is 6.03 Å². The zero-order chi connectivity index (χ0) is 21.6. The molecule has 1 aromatic heterocycles. The van der Waals surface area contributed by atoms with Crippen LogP contribution < -0.4 is 20.1 Å². The van der Waals surface area contributed by atoms with Crippen molar-refractivity contribution < 1.29 is 14.3 Å². The maximum Gasteiger partial charge on any atom is 0.319 e. The normalized spacial score (nSPS) is 11.7. The third-order valence-corrected chi connectivity index (χ3v) is 5.32. The molecule has 1 atom stereocenters. The molecule has 4 rings (SSSR count). The van der Waals surface area contributed by atoms with Crippen molar-refractivity contribution in [1.29, 1.82) is 0 Å². The van der Waals surface area contributed by atoms with Crippen molar-refractivity contribution in [2.45, 2.75) is 5.92 Å². The lowest BCUT2D eigenvalue weighted by molar-refractivity contribution is 0.251. The van der Waals surface area contributed by atoms with Crippen molar-refractivity contribution >= 4 is 22.6 Å². The molecule has 0 radical (unpaired) electrons. The number of carbonyl (C=O) groups is 1. The lowest BCUT2D eigenvalue weighted by Gasteiger charge is -2.19. The van der Waals surface area contributed by atoms with Gasteiger partial charge in [-0.15, -0.1) is 0 Å². The van der Waals surface area contributed by atoms with Crippen molar-refractivity contribution in [1.82, 2.24) is 10.3 Å². The van der Waals surface area contributed by atoms with Crippen LogP contribution in [0.1, 0.15) is 17.0 Å². The number of benzene rings is 3. The lowest BCUT2D eigenvalue weighted by atomic mass is 9.91. The molecule has 4 aromatic rings. The van der Waals surface area contributed by atoms with Crippen LogP contribution in [0, 0.1) is 0 Å². The van der Waals surface area contributed by atoms with E-state index in [2.05, 4.69) is 39.9 Å². The van der Waals surface area contributed by atoms with E-state index in [9.17, 15) is 4.79 Å². The minimum Gasteiger partial charge on any atom is -0.497 e. The summed E-state index contributed by atoms with van der Waals surface area (Å²) < 4.78 is 10.6. The number of aromatic amines is 1. The topological polar surface area (TPSA) is 75.4 Å². The first-order valence-electron chi connectivity index (χ1n) is 10.1. The van der Waals surface area contributed by atoms with E-state index in [4.69, 9.17) is 9.47 Å². The highest BCUT2D eigenvalue weighted by Crippen LogP contribution is 2.31. The number of aromatic nitrogens is 1. The monoisotopic (exact) mass is 415 g/mol. The minimum atomic E-state index is -0.302. The fraction of sp³-hybridized carbons (Fsp3) is 0.160. The molecular formula is C25H25N3O3. The van der Waals surface area contributed by atoms with Gasteiger partial charge in [0.1, 0.15) is 11.5 Å². The van der Waals surface area contributed by atoms with Crippen LogP contribution in [0.25, 0.3) is 10.9 Å². The first kappa shape index (κ1) is 20.3. The van der Waals surface area contributed by atoms with Crippen molar-refractivity contribution in [3.63, 3.8) is 0 Å². The van der Waals surface area contributed by atoms with Gasteiger partial charge < -0.3 is 25.1 Å². The van der Waals surface area contributed by atoms with Crippen LogP contribution in [-0.2, 0) is 0 Å². The Morgan fingerprint density at radius 2 is 1.74 bits per heavy atom. The Balaban J connectivity index is 1.54. The number of fused-ring (bicyclic) bond motifs is 1. The van der Waals surface area contributed by atoms with Crippen molar-refractivity contribution in [2.75, 3.05) is 26.1 Å². The summed E-state index contributed by atoms with van der Waals surface area (Å²) in [5.41, 5.74) is 3.92. The Morgan fingerprint density at radius 1 is 0.968 bits per heavy atom. The third kappa shape index (κ3) is 4.48. The fourth-order valence-electron chi connectivity index (χ4n) is 3.74. The maximum absolute atomic E-state index is 12.7. The molecule has 0 spiro atoms. The average molecular weight is 415 g/mol. The predicted molar refractivity (Wildman–Crippen MR) is 123 cm³/mol. The molecule has 1 heterocycles. The highest BCUT2D eigenvalue weighted by molar-refractivity contribution is 5.91. The minimum absolute atomic E-state index is 0.000799. The molecule has 0 aliphatic carbocycles. The number of H-pyrrole nitrogens is 1. The van der Waals surface area contributed by atoms with Crippen LogP contribution in [0.4, 0.5) is 10.5 Å². The molecular weight excluding hydrogens is 390 g/mol. The molecule has 0 saturated heterocycles. The zero-order valence-electron chi connectivity index (χ0n) is 17.5. The summed E-state index contributed by atoms with van der Waals surface area (Å²) in [5.74, 6) is 1.19. The van der Waals surface area contributed by atoms with E-state index in [-0.39, 0.29) is 11.9 Å². The Kier molecular flexibility index (Phi) is 6.08. The number of carbonyl (C=O) groups excluding carboxylic acids is 1. The van der Waals surface area contributed by atoms with Gasteiger partial charge in [0.05, 0.1) is 19.9 Å². The lowest BCUT2D eigenvalue weighted by Crippen LogP contribution is -2.32. The Hall–Kier alpha value is -3.93. The second kappa shape index (κ2) is 9.26. The van der Waals surface area contributed by atoms with Gasteiger partial charge in [-0.3, -0.25) is 0 Å². The Labute approximate surface area is 181 Å². The third-order valence-electron chi connectivity index (χ3n) is 5.32. The molecule has 0 aliphatic heterocycles. The largest absolute Gasteiger partial charge is 0.497 e. The summed E-state index contributed by atoms with van der Waals surface area (Å²) in [4.78, 5) is 16.0. The van der Waals surface area contributed by atoms with Gasteiger partial charge in [0.15, 0.2) is 0 Å². The quantitative estimate of drug-likeness (QED) is 0.391. The van der Waals surface area contributed by atoms with Gasteiger partial charge in [-0.1, -0.05) is 48.5 Å². The first-order valence-corrected chi connectivity index (χ1v) is 10.1. The standard InChI is InChI=1S/C25H25N3O3/c1-30-18-12-13-23(24(14-18)31-2)28-25(29)27-15-20(17-8-4-3-5-9-17)21-16-26-22-11-7-6-10-19(21)22/h3-14,16,20,26H,15H2,1-2H3,(H2,27,28,29)/t20-/m0/s1. The van der Waals surface area contributed by atoms with Crippen LogP contribution in [0.15, 0.2) is 79.0 Å². The fourth-order valence-corrected chi connectivity index (χ4v) is 3.74. The molecule has 3 aromatic carbocycles. The summed E-state index contributed by atoms with van der Waals surface area (Å²) in [6.45, 7) is 0.441. The van der Waals surface area contributed by atoms with Gasteiger partial charge in [0, 0.05) is 35.6 Å². The first-order chi connectivity index (χ1) is 15.2. The van der Waals surface area contributed by atoms with Crippen molar-refractivity contribution in [3.8, 4) is 11.5 Å². The molecule has 158 valence electrons. The number of methoxy groups -OCH3 is 2. The number of amides is 2. The van der Waals surface area contributed by atoms with Crippen LogP contribution in [-0.4, -0.2) is 31.8 Å². The number of para-hydroxylation sites is 1. The van der Waals surface area contributed by atoms with Gasteiger partial charge in [-0.2, -0.15) is 0 Å². The van der Waals surface area contributed by atoms with E-state index in [1.54, 1.807) is 32.4 Å². The highest BCUT2D eigenvalue weighted by Gasteiger charge is 2.19. The smallest absolute Gasteiger partial charge is 0.319 e. The van der Waals surface area contributed by atoms with E-state index in [1.165, 1.54) is 0 Å². The number of urea groups is 1. The van der Waals surface area contributed by atoms with Gasteiger partial charge in [-0.25, -0.2) is 4.79 Å². The van der Waals surface area contributed by atoms with Crippen LogP contribution in [0.5, 0.6) is 11.5 Å². The summed E-state index contributed by atoms with van der Waals surface area (Å²) in [6, 6.07) is 23.3. The number of hydrogen-bond donors (Lipinski definition) is 3. The molecule has 0 bridgehead atoms. The number of anilines is 1. The van der Waals surface area contributed by atoms with Crippen molar-refractivity contribution in [3.05, 3.63) is 90.1 Å². The Morgan fingerprint density at radius 3 is 2.52 bits per heavy atom. The highest BCUT2D eigenvalue weighted by atomic mass is 16.5. The summed E-state index contributed by atoms with van der Waals surface area (Å²) in [6.07, 6.45) is 2.02. The van der Waals surface area contributed by atoms with Crippen LogP contribution >= 0.6 is 0 Å². The summed E-state index contributed by atoms with van der Waals surface area (Å²) in [5, 5.41) is 7.02. The zero-order valence-corrected chi connectivity index (χ0v) is 17.5. The molecule has 0 aliphatic rings. The van der Waals surface area contributed by atoms with E-state index in [0.717, 1.165) is 22.0 Å². The SMILES string of the molecule is COc1ccc(NC(=O)NC[C@@H](c2ccccc2)c2c[nH]c3ccccc23)c(OC)c1. The molecule has 2 amide bonds. The molecule has 0 unspecified atom stereocenters. The maximum atomic E-state index is 12.7. The van der Waals surface area contributed by atoms with Crippen LogP contribution in [0.3, 0.4) is 0 Å². The molecule has 31 heavy (non-hydrogen) atoms. The van der Waals surface area contributed by atoms with Crippen molar-refractivity contribution in [2.24, 2.45) is 0 Å². The van der Waals surface area contributed by atoms with E-state index in [1.807, 2.05) is 36.5 Å². The molecule has 6 nitrogen and oxygen atoms in total. The molecule has 3 N–H and O–H groups in total. The molecule has 6 heteroatoms. The van der Waals surface area contributed by atoms with Gasteiger partial charge in [0.25, 0.3) is 0 Å². The summed E-state index contributed by atoms with van der Waals surface area (Å²) in [7, 11) is 3.14. The number of rotatable bonds is 7. The van der Waals surface area contributed by atoms with E-state index >= 15 is 0 Å². The average Bonchev–Trinajstić information content (AvgIpc) is 3.24. The second-order valence-electron chi connectivity index (χ2n) is 7.15. The number of ether oxygens (including phenoxy) is 2. The van der Waals surface area contributed by atoms with E-state index < -0.39 is 0 Å². The Bertz CT molecular complexity index is 1170.